The Bertz CT molecular complexity index is 618. The van der Waals surface area contributed by atoms with Crippen LogP contribution in [0.3, 0.4) is 0 Å². The van der Waals surface area contributed by atoms with Crippen LogP contribution in [0.4, 0.5) is 0 Å². The molecule has 18 heavy (non-hydrogen) atoms. The van der Waals surface area contributed by atoms with Gasteiger partial charge < -0.3 is 9.15 Å². The molecule has 0 radical (unpaired) electrons. The second kappa shape index (κ2) is 4.75. The van der Waals surface area contributed by atoms with Gasteiger partial charge in [0.2, 0.25) is 0 Å². The monoisotopic (exact) mass is 237 g/mol. The molecule has 3 nitrogen and oxygen atoms in total. The number of pyridine rings is 1. The van der Waals surface area contributed by atoms with Crippen molar-refractivity contribution in [3.05, 3.63) is 67.2 Å². The lowest BCUT2D eigenvalue weighted by molar-refractivity contribution is 0.480. The molecule has 0 spiro atoms. The Morgan fingerprint density at radius 2 is 1.89 bits per heavy atom. The number of hydrogen-bond acceptors (Lipinski definition) is 3. The van der Waals surface area contributed by atoms with E-state index in [4.69, 9.17) is 9.15 Å². The predicted octanol–water partition coefficient (Wildman–Crippen LogP) is 4.13. The molecule has 0 bridgehead atoms. The molecule has 3 rings (SSSR count). The van der Waals surface area contributed by atoms with Crippen LogP contribution in [0.2, 0.25) is 0 Å². The van der Waals surface area contributed by atoms with Crippen molar-refractivity contribution in [1.29, 1.82) is 0 Å². The molecule has 0 aliphatic rings. The molecule has 0 unspecified atom stereocenters. The molecule has 2 heterocycles. The van der Waals surface area contributed by atoms with Crippen LogP contribution in [0.5, 0.6) is 11.5 Å². The average molecular weight is 237 g/mol. The van der Waals surface area contributed by atoms with Crippen LogP contribution in [-0.4, -0.2) is 4.98 Å². The number of furan rings is 1. The molecule has 88 valence electrons. The summed E-state index contributed by atoms with van der Waals surface area (Å²) in [6, 6.07) is 15.2. The highest BCUT2D eigenvalue weighted by molar-refractivity contribution is 5.59. The summed E-state index contributed by atoms with van der Waals surface area (Å²) >= 11 is 0. The molecule has 3 heteroatoms. The standard InChI is InChI=1S/C15H11NO2/c1-4-12(15-7-3-9-17-15)10-13(5-1)18-14-6-2-8-16-11-14/h1-11H. The Kier molecular flexibility index (Phi) is 2.80. The zero-order chi connectivity index (χ0) is 12.2. The fraction of sp³-hybridized carbons (Fsp3) is 0. The second-order valence-electron chi connectivity index (χ2n) is 3.80. The molecule has 0 saturated heterocycles. The molecule has 0 amide bonds. The van der Waals surface area contributed by atoms with Crippen molar-refractivity contribution in [2.24, 2.45) is 0 Å². The summed E-state index contributed by atoms with van der Waals surface area (Å²) in [7, 11) is 0. The Balaban J connectivity index is 1.88. The van der Waals surface area contributed by atoms with Gasteiger partial charge in [-0.05, 0) is 36.4 Å². The number of benzene rings is 1. The van der Waals surface area contributed by atoms with Gasteiger partial charge in [-0.25, -0.2) is 0 Å². The largest absolute Gasteiger partial charge is 0.464 e. The minimum atomic E-state index is 0.717. The van der Waals surface area contributed by atoms with E-state index in [9.17, 15) is 0 Å². The summed E-state index contributed by atoms with van der Waals surface area (Å²) in [5.74, 6) is 2.30. The summed E-state index contributed by atoms with van der Waals surface area (Å²) in [4.78, 5) is 4.01. The minimum Gasteiger partial charge on any atom is -0.464 e. The minimum absolute atomic E-state index is 0.717. The van der Waals surface area contributed by atoms with Crippen LogP contribution in [0.15, 0.2) is 71.6 Å². The molecule has 0 fully saturated rings. The summed E-state index contributed by atoms with van der Waals surface area (Å²) in [6.45, 7) is 0. The van der Waals surface area contributed by atoms with Crippen LogP contribution in [0.25, 0.3) is 11.3 Å². The molecule has 0 atom stereocenters. The van der Waals surface area contributed by atoms with E-state index in [1.165, 1.54) is 0 Å². The van der Waals surface area contributed by atoms with E-state index < -0.39 is 0 Å². The highest BCUT2D eigenvalue weighted by Gasteiger charge is 2.03. The maximum Gasteiger partial charge on any atom is 0.145 e. The summed E-state index contributed by atoms with van der Waals surface area (Å²) in [5.41, 5.74) is 0.987. The number of ether oxygens (including phenoxy) is 1. The second-order valence-corrected chi connectivity index (χ2v) is 3.80. The van der Waals surface area contributed by atoms with Gasteiger partial charge in [0.25, 0.3) is 0 Å². The zero-order valence-corrected chi connectivity index (χ0v) is 9.61. The SMILES string of the molecule is c1cncc(Oc2cccc(-c3ccco3)c2)c1. The molecule has 1 aromatic carbocycles. The maximum absolute atomic E-state index is 5.71. The van der Waals surface area contributed by atoms with Gasteiger partial charge in [-0.3, -0.25) is 4.98 Å². The average Bonchev–Trinajstić information content (AvgIpc) is 2.94. The van der Waals surface area contributed by atoms with Crippen LogP contribution in [0.1, 0.15) is 0 Å². The van der Waals surface area contributed by atoms with Gasteiger partial charge in [0.15, 0.2) is 0 Å². The maximum atomic E-state index is 5.71. The van der Waals surface area contributed by atoms with Crippen LogP contribution < -0.4 is 4.74 Å². The Morgan fingerprint density at radius 3 is 2.67 bits per heavy atom. The van der Waals surface area contributed by atoms with Gasteiger partial charge in [0.05, 0.1) is 12.5 Å². The first-order valence-electron chi connectivity index (χ1n) is 5.64. The Hall–Kier alpha value is -2.55. The van der Waals surface area contributed by atoms with Crippen molar-refractivity contribution in [2.45, 2.75) is 0 Å². The van der Waals surface area contributed by atoms with E-state index in [2.05, 4.69) is 4.98 Å². The highest BCUT2D eigenvalue weighted by atomic mass is 16.5. The Labute approximate surface area is 105 Å². The lowest BCUT2D eigenvalue weighted by Gasteiger charge is -2.05. The molecule has 2 aromatic heterocycles. The van der Waals surface area contributed by atoms with Crippen molar-refractivity contribution in [2.75, 3.05) is 0 Å². The van der Waals surface area contributed by atoms with E-state index in [0.29, 0.717) is 5.75 Å². The first-order chi connectivity index (χ1) is 8.92. The third-order valence-corrected chi connectivity index (χ3v) is 2.51. The number of rotatable bonds is 3. The van der Waals surface area contributed by atoms with E-state index in [0.717, 1.165) is 17.1 Å². The van der Waals surface area contributed by atoms with E-state index in [1.54, 1.807) is 18.7 Å². The van der Waals surface area contributed by atoms with Crippen molar-refractivity contribution in [1.82, 2.24) is 4.98 Å². The molecular formula is C15H11NO2. The van der Waals surface area contributed by atoms with E-state index >= 15 is 0 Å². The number of hydrogen-bond donors (Lipinski definition) is 0. The Morgan fingerprint density at radius 1 is 0.944 bits per heavy atom. The first kappa shape index (κ1) is 10.6. The molecule has 0 saturated carbocycles. The molecule has 0 N–H and O–H groups in total. The number of nitrogens with zero attached hydrogens (tertiary/aromatic N) is 1. The van der Waals surface area contributed by atoms with Crippen LogP contribution in [-0.2, 0) is 0 Å². The van der Waals surface area contributed by atoms with Crippen molar-refractivity contribution in [3.63, 3.8) is 0 Å². The summed E-state index contributed by atoms with van der Waals surface area (Å²) in [5, 5.41) is 0. The molecular weight excluding hydrogens is 226 g/mol. The zero-order valence-electron chi connectivity index (χ0n) is 9.61. The smallest absolute Gasteiger partial charge is 0.145 e. The van der Waals surface area contributed by atoms with Gasteiger partial charge in [0, 0.05) is 11.8 Å². The molecule has 3 aromatic rings. The summed E-state index contributed by atoms with van der Waals surface area (Å²) in [6.07, 6.45) is 5.05. The fourth-order valence-corrected chi connectivity index (χ4v) is 1.70. The molecule has 0 aliphatic heterocycles. The van der Waals surface area contributed by atoms with Gasteiger partial charge in [-0.1, -0.05) is 12.1 Å². The van der Waals surface area contributed by atoms with Crippen molar-refractivity contribution in [3.8, 4) is 22.8 Å². The summed E-state index contributed by atoms with van der Waals surface area (Å²) < 4.78 is 11.1. The van der Waals surface area contributed by atoms with Crippen LogP contribution >= 0.6 is 0 Å². The van der Waals surface area contributed by atoms with E-state index in [1.807, 2.05) is 48.5 Å². The lowest BCUT2D eigenvalue weighted by Crippen LogP contribution is -1.85. The van der Waals surface area contributed by atoms with Gasteiger partial charge >= 0.3 is 0 Å². The van der Waals surface area contributed by atoms with Gasteiger partial charge in [-0.15, -0.1) is 0 Å². The predicted molar refractivity (Wildman–Crippen MR) is 68.5 cm³/mol. The molecule has 0 aliphatic carbocycles. The highest BCUT2D eigenvalue weighted by Crippen LogP contribution is 2.26. The lowest BCUT2D eigenvalue weighted by atomic mass is 10.1. The normalized spacial score (nSPS) is 10.2. The third kappa shape index (κ3) is 2.25. The fourth-order valence-electron chi connectivity index (χ4n) is 1.70. The third-order valence-electron chi connectivity index (χ3n) is 2.51. The van der Waals surface area contributed by atoms with Crippen LogP contribution in [0, 0.1) is 0 Å². The van der Waals surface area contributed by atoms with Crippen molar-refractivity contribution < 1.29 is 9.15 Å². The van der Waals surface area contributed by atoms with E-state index in [-0.39, 0.29) is 0 Å². The topological polar surface area (TPSA) is 35.3 Å². The van der Waals surface area contributed by atoms with Gasteiger partial charge in [-0.2, -0.15) is 0 Å². The van der Waals surface area contributed by atoms with Gasteiger partial charge in [0.1, 0.15) is 17.3 Å². The first-order valence-corrected chi connectivity index (χ1v) is 5.64. The van der Waals surface area contributed by atoms with Crippen molar-refractivity contribution >= 4 is 0 Å². The quantitative estimate of drug-likeness (QED) is 0.686. The number of aromatic nitrogens is 1.